The first-order chi connectivity index (χ1) is 7.77. The van der Waals surface area contributed by atoms with Crippen LogP contribution in [0.15, 0.2) is 18.3 Å². The highest BCUT2D eigenvalue weighted by molar-refractivity contribution is 5.89. The second-order valence-electron chi connectivity index (χ2n) is 3.37. The highest BCUT2D eigenvalue weighted by atomic mass is 16.5. The van der Waals surface area contributed by atoms with Crippen LogP contribution in [0.1, 0.15) is 37.0 Å². The van der Waals surface area contributed by atoms with Gasteiger partial charge in [0.25, 0.3) is 0 Å². The second-order valence-corrected chi connectivity index (χ2v) is 3.37. The molecule has 0 saturated heterocycles. The highest BCUT2D eigenvalue weighted by Gasteiger charge is 2.08. The maximum absolute atomic E-state index is 11.5. The molecule has 0 aliphatic carbocycles. The first kappa shape index (κ1) is 12.5. The van der Waals surface area contributed by atoms with E-state index in [9.17, 15) is 4.79 Å². The smallest absolute Gasteiger partial charge is 0.338 e. The summed E-state index contributed by atoms with van der Waals surface area (Å²) in [6, 6.07) is 3.23. The Labute approximate surface area is 95.6 Å². The van der Waals surface area contributed by atoms with E-state index in [4.69, 9.17) is 9.47 Å². The Bertz CT molecular complexity index is 339. The van der Waals surface area contributed by atoms with E-state index in [0.29, 0.717) is 24.7 Å². The average molecular weight is 223 g/mol. The fourth-order valence-electron chi connectivity index (χ4n) is 1.10. The third-order valence-corrected chi connectivity index (χ3v) is 1.86. The molecule has 88 valence electrons. The molecule has 1 heterocycles. The van der Waals surface area contributed by atoms with Crippen molar-refractivity contribution in [2.75, 3.05) is 13.2 Å². The first-order valence-corrected chi connectivity index (χ1v) is 5.54. The van der Waals surface area contributed by atoms with Gasteiger partial charge >= 0.3 is 5.97 Å². The largest absolute Gasteiger partial charge is 0.478 e. The third kappa shape index (κ3) is 3.88. The lowest BCUT2D eigenvalue weighted by atomic mass is 10.3. The molecule has 16 heavy (non-hydrogen) atoms. The number of ether oxygens (including phenoxy) is 2. The Hall–Kier alpha value is -1.58. The summed E-state index contributed by atoms with van der Waals surface area (Å²) in [7, 11) is 0. The molecule has 0 spiro atoms. The number of esters is 1. The lowest BCUT2D eigenvalue weighted by Gasteiger charge is -2.05. The molecule has 0 radical (unpaired) electrons. The molecule has 0 amide bonds. The van der Waals surface area contributed by atoms with Gasteiger partial charge in [-0.15, -0.1) is 0 Å². The molecular formula is C12H17NO3. The van der Waals surface area contributed by atoms with E-state index in [2.05, 4.69) is 4.98 Å². The van der Waals surface area contributed by atoms with Crippen LogP contribution in [0.4, 0.5) is 0 Å². The number of nitrogens with zero attached hydrogens (tertiary/aromatic N) is 1. The highest BCUT2D eigenvalue weighted by Crippen LogP contribution is 2.10. The zero-order valence-electron chi connectivity index (χ0n) is 9.73. The molecule has 1 aromatic heterocycles. The summed E-state index contributed by atoms with van der Waals surface area (Å²) < 4.78 is 10.3. The van der Waals surface area contributed by atoms with Crippen molar-refractivity contribution >= 4 is 5.97 Å². The molecule has 1 aromatic rings. The molecule has 0 bridgehead atoms. The van der Waals surface area contributed by atoms with Crippen molar-refractivity contribution in [3.05, 3.63) is 23.9 Å². The Morgan fingerprint density at radius 1 is 1.31 bits per heavy atom. The third-order valence-electron chi connectivity index (χ3n) is 1.86. The van der Waals surface area contributed by atoms with Crippen molar-refractivity contribution in [3.8, 4) is 5.88 Å². The Kier molecular flexibility index (Phi) is 5.32. The van der Waals surface area contributed by atoms with Gasteiger partial charge in [-0.3, -0.25) is 0 Å². The quantitative estimate of drug-likeness (QED) is 0.695. The van der Waals surface area contributed by atoms with Crippen LogP contribution in [0.5, 0.6) is 5.88 Å². The minimum atomic E-state index is -0.328. The lowest BCUT2D eigenvalue weighted by molar-refractivity contribution is 0.0504. The topological polar surface area (TPSA) is 48.4 Å². The monoisotopic (exact) mass is 223 g/mol. The van der Waals surface area contributed by atoms with Crippen LogP contribution in [-0.4, -0.2) is 24.2 Å². The van der Waals surface area contributed by atoms with Crippen LogP contribution in [0.3, 0.4) is 0 Å². The zero-order valence-corrected chi connectivity index (χ0v) is 9.73. The zero-order chi connectivity index (χ0) is 11.8. The Morgan fingerprint density at radius 3 is 2.75 bits per heavy atom. The maximum Gasteiger partial charge on any atom is 0.338 e. The molecule has 0 fully saturated rings. The van der Waals surface area contributed by atoms with Gasteiger partial charge in [0.1, 0.15) is 0 Å². The summed E-state index contributed by atoms with van der Waals surface area (Å²) in [6.45, 7) is 5.00. The molecule has 0 aliphatic heterocycles. The summed E-state index contributed by atoms with van der Waals surface area (Å²) in [5, 5.41) is 0. The number of hydrogen-bond acceptors (Lipinski definition) is 4. The molecule has 0 aromatic carbocycles. The van der Waals surface area contributed by atoms with Crippen LogP contribution in [0, 0.1) is 0 Å². The summed E-state index contributed by atoms with van der Waals surface area (Å²) in [5.74, 6) is 0.137. The van der Waals surface area contributed by atoms with E-state index in [1.807, 2.05) is 13.8 Å². The molecular weight excluding hydrogens is 206 g/mol. The number of aromatic nitrogens is 1. The fraction of sp³-hybridized carbons (Fsp3) is 0.500. The number of hydrogen-bond donors (Lipinski definition) is 0. The SMILES string of the molecule is CCCOC(=O)c1ccnc(OCCC)c1. The van der Waals surface area contributed by atoms with Crippen molar-refractivity contribution in [1.82, 2.24) is 4.98 Å². The molecule has 0 N–H and O–H groups in total. The predicted molar refractivity (Wildman–Crippen MR) is 60.6 cm³/mol. The van der Waals surface area contributed by atoms with Gasteiger partial charge in [-0.2, -0.15) is 0 Å². The Balaban J connectivity index is 2.62. The second kappa shape index (κ2) is 6.82. The number of carbonyl (C=O) groups excluding carboxylic acids is 1. The van der Waals surface area contributed by atoms with Gasteiger partial charge in [0.2, 0.25) is 5.88 Å². The molecule has 0 aliphatic rings. The molecule has 1 rings (SSSR count). The fourth-order valence-corrected chi connectivity index (χ4v) is 1.10. The number of pyridine rings is 1. The van der Waals surface area contributed by atoms with Crippen molar-refractivity contribution in [2.24, 2.45) is 0 Å². The van der Waals surface area contributed by atoms with E-state index in [1.165, 1.54) is 0 Å². The van der Waals surface area contributed by atoms with Crippen LogP contribution in [-0.2, 0) is 4.74 Å². The van der Waals surface area contributed by atoms with E-state index in [-0.39, 0.29) is 5.97 Å². The molecule has 4 heteroatoms. The predicted octanol–water partition coefficient (Wildman–Crippen LogP) is 2.44. The van der Waals surface area contributed by atoms with Crippen LogP contribution < -0.4 is 4.74 Å². The summed E-state index contributed by atoms with van der Waals surface area (Å²) >= 11 is 0. The minimum Gasteiger partial charge on any atom is -0.478 e. The summed E-state index contributed by atoms with van der Waals surface area (Å²) in [4.78, 5) is 15.5. The van der Waals surface area contributed by atoms with Crippen LogP contribution in [0.25, 0.3) is 0 Å². The first-order valence-electron chi connectivity index (χ1n) is 5.54. The van der Waals surface area contributed by atoms with Gasteiger partial charge in [0, 0.05) is 12.3 Å². The standard InChI is InChI=1S/C12H17NO3/c1-3-7-15-11-9-10(5-6-13-11)12(14)16-8-4-2/h5-6,9H,3-4,7-8H2,1-2H3. The summed E-state index contributed by atoms with van der Waals surface area (Å²) in [6.07, 6.45) is 3.27. The maximum atomic E-state index is 11.5. The van der Waals surface area contributed by atoms with Gasteiger partial charge in [0.15, 0.2) is 0 Å². The molecule has 0 atom stereocenters. The van der Waals surface area contributed by atoms with Gasteiger partial charge in [-0.1, -0.05) is 13.8 Å². The van der Waals surface area contributed by atoms with Gasteiger partial charge in [-0.05, 0) is 18.9 Å². The average Bonchev–Trinajstić information content (AvgIpc) is 2.33. The van der Waals surface area contributed by atoms with Crippen molar-refractivity contribution in [1.29, 1.82) is 0 Å². The van der Waals surface area contributed by atoms with Crippen molar-refractivity contribution < 1.29 is 14.3 Å². The van der Waals surface area contributed by atoms with Crippen LogP contribution >= 0.6 is 0 Å². The van der Waals surface area contributed by atoms with Crippen molar-refractivity contribution in [2.45, 2.75) is 26.7 Å². The van der Waals surface area contributed by atoms with E-state index in [0.717, 1.165) is 12.8 Å². The minimum absolute atomic E-state index is 0.328. The van der Waals surface area contributed by atoms with E-state index >= 15 is 0 Å². The molecule has 4 nitrogen and oxygen atoms in total. The normalized spacial score (nSPS) is 9.88. The lowest BCUT2D eigenvalue weighted by Crippen LogP contribution is -2.07. The van der Waals surface area contributed by atoms with Gasteiger partial charge < -0.3 is 9.47 Å². The summed E-state index contributed by atoms with van der Waals surface area (Å²) in [5.41, 5.74) is 0.481. The number of carbonyl (C=O) groups is 1. The van der Waals surface area contributed by atoms with E-state index in [1.54, 1.807) is 18.3 Å². The van der Waals surface area contributed by atoms with Crippen LogP contribution in [0.2, 0.25) is 0 Å². The molecule has 0 saturated carbocycles. The Morgan fingerprint density at radius 2 is 2.06 bits per heavy atom. The van der Waals surface area contributed by atoms with E-state index < -0.39 is 0 Å². The van der Waals surface area contributed by atoms with Gasteiger partial charge in [-0.25, -0.2) is 9.78 Å². The molecule has 0 unspecified atom stereocenters. The van der Waals surface area contributed by atoms with Crippen molar-refractivity contribution in [3.63, 3.8) is 0 Å². The number of rotatable bonds is 6. The van der Waals surface area contributed by atoms with Gasteiger partial charge in [0.05, 0.1) is 18.8 Å².